The molecule has 3 fully saturated rings. The highest BCUT2D eigenvalue weighted by molar-refractivity contribution is 5.87. The molecule has 0 bridgehead atoms. The Balaban J connectivity index is 2.11. The van der Waals surface area contributed by atoms with E-state index in [-0.39, 0.29) is 18.3 Å². The van der Waals surface area contributed by atoms with Gasteiger partial charge in [0, 0.05) is 6.54 Å². The van der Waals surface area contributed by atoms with Crippen molar-refractivity contribution >= 4 is 11.9 Å². The molecule has 0 aromatic rings. The Bertz CT molecular complexity index is 287. The van der Waals surface area contributed by atoms with Crippen LogP contribution in [0.1, 0.15) is 12.8 Å². The molecular weight excluding hydrogens is 174 g/mol. The van der Waals surface area contributed by atoms with E-state index in [1.54, 1.807) is 0 Å². The first-order valence-corrected chi connectivity index (χ1v) is 4.37. The van der Waals surface area contributed by atoms with Gasteiger partial charge in [-0.15, -0.1) is 0 Å². The van der Waals surface area contributed by atoms with Crippen LogP contribution in [0.3, 0.4) is 0 Å². The third-order valence-electron chi connectivity index (χ3n) is 3.26. The summed E-state index contributed by atoms with van der Waals surface area (Å²) in [7, 11) is 0. The summed E-state index contributed by atoms with van der Waals surface area (Å²) in [6.45, 7) is 0.478. The summed E-state index contributed by atoms with van der Waals surface area (Å²) in [6.07, 6.45) is 0.0380. The molecule has 5 heteroatoms. The van der Waals surface area contributed by atoms with Gasteiger partial charge < -0.3 is 14.7 Å². The lowest BCUT2D eigenvalue weighted by Crippen LogP contribution is -2.47. The number of amides is 1. The van der Waals surface area contributed by atoms with Gasteiger partial charge >= 0.3 is 5.97 Å². The average Bonchev–Trinajstić information content (AvgIpc) is 2.58. The fourth-order valence-electron chi connectivity index (χ4n) is 2.62. The summed E-state index contributed by atoms with van der Waals surface area (Å²) < 4.78 is 4.94. The lowest BCUT2D eigenvalue weighted by Gasteiger charge is -2.26. The van der Waals surface area contributed by atoms with Crippen molar-refractivity contribution in [3.63, 3.8) is 0 Å². The summed E-state index contributed by atoms with van der Waals surface area (Å²) in [4.78, 5) is 24.0. The Labute approximate surface area is 74.3 Å². The van der Waals surface area contributed by atoms with E-state index in [1.165, 1.54) is 4.90 Å². The first-order valence-electron chi connectivity index (χ1n) is 4.37. The number of hydrogen-bond donors (Lipinski definition) is 1. The molecular formula is C8H9NO4. The van der Waals surface area contributed by atoms with E-state index in [9.17, 15) is 14.7 Å². The number of carbonyl (C=O) groups excluding carboxylic acids is 2. The predicted octanol–water partition coefficient (Wildman–Crippen LogP) is -1.15. The Kier molecular flexibility index (Phi) is 1.05. The molecule has 0 aromatic heterocycles. The van der Waals surface area contributed by atoms with Crippen LogP contribution in [-0.4, -0.2) is 40.3 Å². The lowest BCUT2D eigenvalue weighted by molar-refractivity contribution is -0.144. The SMILES string of the molecule is O=C1O[C@H]2CC(=O)N3CC[C@@H]1[C@@]23O. The minimum atomic E-state index is -1.31. The second kappa shape index (κ2) is 1.87. The fourth-order valence-corrected chi connectivity index (χ4v) is 2.62. The average molecular weight is 183 g/mol. The molecule has 1 amide bonds. The van der Waals surface area contributed by atoms with Gasteiger partial charge in [-0.05, 0) is 6.42 Å². The molecule has 0 unspecified atom stereocenters. The highest BCUT2D eigenvalue weighted by atomic mass is 16.6. The van der Waals surface area contributed by atoms with Crippen LogP contribution >= 0.6 is 0 Å². The molecule has 0 radical (unpaired) electrons. The quantitative estimate of drug-likeness (QED) is 0.482. The summed E-state index contributed by atoms with van der Waals surface area (Å²) in [5, 5.41) is 10.1. The molecule has 3 atom stereocenters. The van der Waals surface area contributed by atoms with Crippen LogP contribution in [0.2, 0.25) is 0 Å². The van der Waals surface area contributed by atoms with E-state index < -0.39 is 17.7 Å². The Morgan fingerprint density at radius 3 is 3.08 bits per heavy atom. The maximum absolute atomic E-state index is 11.3. The van der Waals surface area contributed by atoms with Gasteiger partial charge in [0.25, 0.3) is 0 Å². The van der Waals surface area contributed by atoms with Gasteiger partial charge in [-0.25, -0.2) is 0 Å². The first kappa shape index (κ1) is 7.32. The molecule has 0 aliphatic carbocycles. The van der Waals surface area contributed by atoms with Crippen molar-refractivity contribution in [1.82, 2.24) is 4.90 Å². The maximum Gasteiger partial charge on any atom is 0.314 e. The molecule has 0 saturated carbocycles. The highest BCUT2D eigenvalue weighted by Gasteiger charge is 2.68. The summed E-state index contributed by atoms with van der Waals surface area (Å²) in [6, 6.07) is 0. The first-order chi connectivity index (χ1) is 6.14. The highest BCUT2D eigenvalue weighted by Crippen LogP contribution is 2.48. The third-order valence-corrected chi connectivity index (χ3v) is 3.26. The topological polar surface area (TPSA) is 66.8 Å². The standard InChI is InChI=1S/C8H9NO4/c10-6-3-5-8(12)4(7(11)13-5)1-2-9(6)8/h4-5,12H,1-3H2/t4-,5-,8+/m0/s1. The van der Waals surface area contributed by atoms with Crippen molar-refractivity contribution in [2.75, 3.05) is 6.54 Å². The molecule has 1 N–H and O–H groups in total. The Hall–Kier alpha value is -1.10. The van der Waals surface area contributed by atoms with Gasteiger partial charge in [0.1, 0.15) is 5.92 Å². The van der Waals surface area contributed by atoms with Gasteiger partial charge in [-0.3, -0.25) is 9.59 Å². The van der Waals surface area contributed by atoms with Gasteiger partial charge in [0.2, 0.25) is 5.91 Å². The van der Waals surface area contributed by atoms with Crippen molar-refractivity contribution < 1.29 is 19.4 Å². The van der Waals surface area contributed by atoms with Crippen LogP contribution in [0.15, 0.2) is 0 Å². The predicted molar refractivity (Wildman–Crippen MR) is 39.3 cm³/mol. The molecule has 5 nitrogen and oxygen atoms in total. The van der Waals surface area contributed by atoms with Crippen molar-refractivity contribution in [3.05, 3.63) is 0 Å². The Morgan fingerprint density at radius 1 is 1.54 bits per heavy atom. The van der Waals surface area contributed by atoms with Crippen LogP contribution in [-0.2, 0) is 14.3 Å². The molecule has 3 aliphatic heterocycles. The van der Waals surface area contributed by atoms with E-state index >= 15 is 0 Å². The molecule has 3 aliphatic rings. The van der Waals surface area contributed by atoms with E-state index in [0.717, 1.165) is 0 Å². The van der Waals surface area contributed by atoms with Gasteiger partial charge in [0.15, 0.2) is 11.8 Å². The zero-order valence-corrected chi connectivity index (χ0v) is 6.90. The van der Waals surface area contributed by atoms with E-state index in [0.29, 0.717) is 13.0 Å². The molecule has 3 saturated heterocycles. The second-order valence-electron chi connectivity index (χ2n) is 3.80. The van der Waals surface area contributed by atoms with Crippen LogP contribution in [0.4, 0.5) is 0 Å². The number of ether oxygens (including phenoxy) is 1. The molecule has 13 heavy (non-hydrogen) atoms. The zero-order chi connectivity index (χ0) is 9.22. The molecule has 3 rings (SSSR count). The fraction of sp³-hybridized carbons (Fsp3) is 0.750. The minimum absolute atomic E-state index is 0.109. The van der Waals surface area contributed by atoms with E-state index in [2.05, 4.69) is 0 Å². The zero-order valence-electron chi connectivity index (χ0n) is 6.90. The molecule has 0 spiro atoms. The van der Waals surface area contributed by atoms with Gasteiger partial charge in [-0.1, -0.05) is 0 Å². The number of esters is 1. The van der Waals surface area contributed by atoms with Gasteiger partial charge in [0.05, 0.1) is 6.42 Å². The van der Waals surface area contributed by atoms with Crippen molar-refractivity contribution in [2.45, 2.75) is 24.7 Å². The minimum Gasteiger partial charge on any atom is -0.456 e. The lowest BCUT2D eigenvalue weighted by atomic mass is 9.96. The van der Waals surface area contributed by atoms with Crippen LogP contribution < -0.4 is 0 Å². The monoisotopic (exact) mass is 183 g/mol. The number of rotatable bonds is 0. The van der Waals surface area contributed by atoms with E-state index in [4.69, 9.17) is 4.74 Å². The van der Waals surface area contributed by atoms with Crippen LogP contribution in [0.25, 0.3) is 0 Å². The molecule has 70 valence electrons. The molecule has 3 heterocycles. The maximum atomic E-state index is 11.3. The van der Waals surface area contributed by atoms with Crippen LogP contribution in [0.5, 0.6) is 0 Å². The van der Waals surface area contributed by atoms with Crippen LogP contribution in [0, 0.1) is 5.92 Å². The number of carbonyl (C=O) groups is 2. The summed E-state index contributed by atoms with van der Waals surface area (Å²) >= 11 is 0. The van der Waals surface area contributed by atoms with E-state index in [1.807, 2.05) is 0 Å². The Morgan fingerprint density at radius 2 is 2.31 bits per heavy atom. The summed E-state index contributed by atoms with van der Waals surface area (Å²) in [5.41, 5.74) is -1.31. The van der Waals surface area contributed by atoms with Gasteiger partial charge in [-0.2, -0.15) is 0 Å². The summed E-state index contributed by atoms with van der Waals surface area (Å²) in [5.74, 6) is -0.978. The largest absolute Gasteiger partial charge is 0.456 e. The second-order valence-corrected chi connectivity index (χ2v) is 3.80. The number of hydrogen-bond acceptors (Lipinski definition) is 4. The van der Waals surface area contributed by atoms with Crippen molar-refractivity contribution in [3.8, 4) is 0 Å². The number of nitrogens with zero attached hydrogens (tertiary/aromatic N) is 1. The smallest absolute Gasteiger partial charge is 0.314 e. The third kappa shape index (κ3) is 0.601. The normalized spacial score (nSPS) is 47.0. The van der Waals surface area contributed by atoms with Crippen molar-refractivity contribution in [1.29, 1.82) is 0 Å². The number of aliphatic hydroxyl groups is 1. The molecule has 0 aromatic carbocycles. The van der Waals surface area contributed by atoms with Crippen molar-refractivity contribution in [2.24, 2.45) is 5.92 Å².